The Kier molecular flexibility index (Phi) is 7.13. The maximum atomic E-state index is 2.44. The van der Waals surface area contributed by atoms with Gasteiger partial charge in [0.15, 0.2) is 0 Å². The van der Waals surface area contributed by atoms with Gasteiger partial charge in [0.1, 0.15) is 0 Å². The van der Waals surface area contributed by atoms with Crippen molar-refractivity contribution in [1.82, 2.24) is 0 Å². The highest BCUT2D eigenvalue weighted by atomic mass is 15.1. The minimum Gasteiger partial charge on any atom is -0.310 e. The Labute approximate surface area is 312 Å². The fourth-order valence-electron chi connectivity index (χ4n) is 9.39. The third-order valence-corrected chi connectivity index (χ3v) is 11.7. The van der Waals surface area contributed by atoms with E-state index in [9.17, 15) is 0 Å². The molecule has 0 aliphatic heterocycles. The monoisotopic (exact) mass is 677 g/mol. The van der Waals surface area contributed by atoms with Gasteiger partial charge in [-0.1, -0.05) is 178 Å². The fourth-order valence-corrected chi connectivity index (χ4v) is 9.39. The maximum Gasteiger partial charge on any atom is 0.0714 e. The van der Waals surface area contributed by atoms with Crippen LogP contribution in [-0.2, 0) is 10.8 Å². The predicted octanol–water partition coefficient (Wildman–Crippen LogP) is 13.5. The van der Waals surface area contributed by atoms with E-state index in [0.717, 1.165) is 17.1 Å². The lowest BCUT2D eigenvalue weighted by Crippen LogP contribution is -2.28. The summed E-state index contributed by atoms with van der Waals surface area (Å²) in [5.74, 6) is 0. The smallest absolute Gasteiger partial charge is 0.0714 e. The molecule has 10 rings (SSSR count). The summed E-state index contributed by atoms with van der Waals surface area (Å²) in [5, 5.41) is 0. The summed E-state index contributed by atoms with van der Waals surface area (Å²) in [6.07, 6.45) is 0. The molecule has 0 atom stereocenters. The van der Waals surface area contributed by atoms with E-state index in [2.05, 4.69) is 219 Å². The molecule has 252 valence electrons. The third kappa shape index (κ3) is 4.64. The van der Waals surface area contributed by atoms with E-state index in [1.807, 2.05) is 0 Å². The van der Waals surface area contributed by atoms with Gasteiger partial charge >= 0.3 is 0 Å². The van der Waals surface area contributed by atoms with Gasteiger partial charge < -0.3 is 4.90 Å². The van der Waals surface area contributed by atoms with Crippen LogP contribution in [0, 0.1) is 0 Å². The average molecular weight is 678 g/mol. The fraction of sp³-hybridized carbons (Fsp3) is 0.0769. The van der Waals surface area contributed by atoms with E-state index < -0.39 is 5.41 Å². The van der Waals surface area contributed by atoms with Crippen LogP contribution in [0.5, 0.6) is 0 Å². The third-order valence-electron chi connectivity index (χ3n) is 11.7. The van der Waals surface area contributed by atoms with Crippen molar-refractivity contribution in [2.24, 2.45) is 0 Å². The van der Waals surface area contributed by atoms with Crippen molar-refractivity contribution >= 4 is 17.1 Å². The molecular weight excluding hydrogens is 639 g/mol. The molecule has 0 saturated heterocycles. The number of anilines is 3. The highest BCUT2D eigenvalue weighted by Crippen LogP contribution is 2.57. The molecule has 53 heavy (non-hydrogen) atoms. The van der Waals surface area contributed by atoms with Gasteiger partial charge in [-0.15, -0.1) is 0 Å². The Morgan fingerprint density at radius 1 is 0.340 bits per heavy atom. The summed E-state index contributed by atoms with van der Waals surface area (Å²) in [7, 11) is 0. The largest absolute Gasteiger partial charge is 0.310 e. The van der Waals surface area contributed by atoms with Crippen molar-refractivity contribution in [1.29, 1.82) is 0 Å². The molecule has 2 aliphatic carbocycles. The van der Waals surface area contributed by atoms with Crippen molar-refractivity contribution in [2.75, 3.05) is 4.90 Å². The number of rotatable bonds is 6. The topological polar surface area (TPSA) is 3.24 Å². The van der Waals surface area contributed by atoms with Crippen molar-refractivity contribution < 1.29 is 0 Å². The SMILES string of the molecule is CC1(C)c2cc(N(c3ccccc3)c3cccc(C4(c5ccccc5)c5ccccc5-c5ccccc54)c3)ccc2-c2c(-c3ccccc3)cccc21. The van der Waals surface area contributed by atoms with Gasteiger partial charge in [0.25, 0.3) is 0 Å². The van der Waals surface area contributed by atoms with E-state index >= 15 is 0 Å². The summed E-state index contributed by atoms with van der Waals surface area (Å²) in [4.78, 5) is 2.44. The first-order valence-electron chi connectivity index (χ1n) is 18.6. The molecule has 0 spiro atoms. The number of para-hydroxylation sites is 1. The van der Waals surface area contributed by atoms with Crippen molar-refractivity contribution in [3.63, 3.8) is 0 Å². The van der Waals surface area contributed by atoms with Gasteiger partial charge in [-0.3, -0.25) is 0 Å². The first-order valence-corrected chi connectivity index (χ1v) is 18.6. The maximum absolute atomic E-state index is 2.44. The Morgan fingerprint density at radius 3 is 1.55 bits per heavy atom. The predicted molar refractivity (Wildman–Crippen MR) is 221 cm³/mol. The molecule has 0 radical (unpaired) electrons. The minimum atomic E-state index is -0.470. The lowest BCUT2D eigenvalue weighted by Gasteiger charge is -2.35. The quantitative estimate of drug-likeness (QED) is 0.169. The Balaban J connectivity index is 1.18. The Bertz CT molecular complexity index is 2590. The molecule has 0 unspecified atom stereocenters. The molecule has 1 heteroatoms. The van der Waals surface area contributed by atoms with E-state index in [1.165, 1.54) is 66.8 Å². The molecule has 0 N–H and O–H groups in total. The van der Waals surface area contributed by atoms with Crippen molar-refractivity contribution in [3.8, 4) is 33.4 Å². The minimum absolute atomic E-state index is 0.162. The van der Waals surface area contributed by atoms with Gasteiger partial charge in [0, 0.05) is 22.5 Å². The molecule has 0 saturated carbocycles. The van der Waals surface area contributed by atoms with E-state index in [-0.39, 0.29) is 5.41 Å². The molecule has 0 heterocycles. The van der Waals surface area contributed by atoms with Crippen LogP contribution < -0.4 is 4.90 Å². The lowest BCUT2D eigenvalue weighted by atomic mass is 9.67. The summed E-state index contributed by atoms with van der Waals surface area (Å²) in [6, 6.07) is 73.8. The van der Waals surface area contributed by atoms with E-state index in [1.54, 1.807) is 0 Å². The lowest BCUT2D eigenvalue weighted by molar-refractivity contribution is 0.660. The molecule has 2 aliphatic rings. The molecule has 0 aromatic heterocycles. The number of hydrogen-bond acceptors (Lipinski definition) is 1. The van der Waals surface area contributed by atoms with Gasteiger partial charge in [0.2, 0.25) is 0 Å². The molecule has 8 aromatic carbocycles. The number of hydrogen-bond donors (Lipinski definition) is 0. The average Bonchev–Trinajstić information content (AvgIpc) is 3.65. The summed E-state index contributed by atoms with van der Waals surface area (Å²) in [5.41, 5.74) is 18.5. The van der Waals surface area contributed by atoms with Gasteiger partial charge in [-0.05, 0) is 103 Å². The van der Waals surface area contributed by atoms with Crippen LogP contribution in [0.25, 0.3) is 33.4 Å². The Morgan fingerprint density at radius 2 is 0.849 bits per heavy atom. The van der Waals surface area contributed by atoms with Crippen LogP contribution in [0.15, 0.2) is 200 Å². The summed E-state index contributed by atoms with van der Waals surface area (Å²) < 4.78 is 0. The second kappa shape index (κ2) is 12.1. The molecule has 0 fully saturated rings. The second-order valence-corrected chi connectivity index (χ2v) is 14.9. The number of fused-ring (bicyclic) bond motifs is 6. The van der Waals surface area contributed by atoms with Crippen LogP contribution >= 0.6 is 0 Å². The highest BCUT2D eigenvalue weighted by Gasteiger charge is 2.46. The zero-order valence-corrected chi connectivity index (χ0v) is 30.0. The normalized spacial score (nSPS) is 14.2. The summed E-state index contributed by atoms with van der Waals surface area (Å²) >= 11 is 0. The highest BCUT2D eigenvalue weighted by molar-refractivity contribution is 5.94. The molecule has 1 nitrogen and oxygen atoms in total. The van der Waals surface area contributed by atoms with Gasteiger partial charge in [-0.2, -0.15) is 0 Å². The molecule has 0 bridgehead atoms. The Hall–Kier alpha value is -6.44. The molecular formula is C52H39N. The van der Waals surface area contributed by atoms with E-state index in [4.69, 9.17) is 0 Å². The first kappa shape index (κ1) is 31.3. The van der Waals surface area contributed by atoms with Crippen LogP contribution in [-0.4, -0.2) is 0 Å². The van der Waals surface area contributed by atoms with E-state index in [0.29, 0.717) is 0 Å². The molecule has 8 aromatic rings. The van der Waals surface area contributed by atoms with Crippen molar-refractivity contribution in [2.45, 2.75) is 24.7 Å². The van der Waals surface area contributed by atoms with Crippen LogP contribution in [0.3, 0.4) is 0 Å². The van der Waals surface area contributed by atoms with Crippen LogP contribution in [0.1, 0.15) is 47.2 Å². The first-order chi connectivity index (χ1) is 26.1. The zero-order valence-electron chi connectivity index (χ0n) is 30.0. The number of nitrogens with zero attached hydrogens (tertiary/aromatic N) is 1. The van der Waals surface area contributed by atoms with Crippen molar-refractivity contribution in [3.05, 3.63) is 234 Å². The van der Waals surface area contributed by atoms with Crippen LogP contribution in [0.4, 0.5) is 17.1 Å². The number of benzene rings is 8. The summed E-state index contributed by atoms with van der Waals surface area (Å²) in [6.45, 7) is 4.75. The van der Waals surface area contributed by atoms with Gasteiger partial charge in [0.05, 0.1) is 5.41 Å². The van der Waals surface area contributed by atoms with Gasteiger partial charge in [-0.25, -0.2) is 0 Å². The zero-order chi connectivity index (χ0) is 35.6. The van der Waals surface area contributed by atoms with Crippen LogP contribution in [0.2, 0.25) is 0 Å². The second-order valence-electron chi connectivity index (χ2n) is 14.9. The molecule has 0 amide bonds. The standard InChI is InChI=1S/C52H39N/c1-51(2)48-31-17-28-42(36-18-6-3-7-19-36)50(48)45-33-32-41(35-49(45)51)53(39-23-10-5-11-24-39)40-25-16-22-38(34-40)52(37-20-8-4-9-21-37)46-29-14-12-26-43(46)44-27-13-15-30-47(44)52/h3-35H,1-2H3.